The summed E-state index contributed by atoms with van der Waals surface area (Å²) in [5.74, 6) is 0. The molecule has 0 saturated carbocycles. The van der Waals surface area contributed by atoms with Crippen LogP contribution in [-0.2, 0) is 25.7 Å². The van der Waals surface area contributed by atoms with Crippen LogP contribution in [0.2, 0.25) is 0 Å². The largest absolute Gasteiger partial charge is 0.0654 e. The van der Waals surface area contributed by atoms with E-state index < -0.39 is 0 Å². The molecule has 2 aromatic rings. The van der Waals surface area contributed by atoms with E-state index >= 15 is 0 Å². The van der Waals surface area contributed by atoms with Crippen LogP contribution in [0.4, 0.5) is 0 Å². The Kier molecular flexibility index (Phi) is 10.4. The van der Waals surface area contributed by atoms with E-state index in [-0.39, 0.29) is 0 Å². The lowest BCUT2D eigenvalue weighted by atomic mass is 9.90. The first-order valence-electron chi connectivity index (χ1n) is 11.9. The molecule has 0 heterocycles. The Balaban J connectivity index is 2.41. The fourth-order valence-electron chi connectivity index (χ4n) is 3.89. The third-order valence-electron chi connectivity index (χ3n) is 5.68. The van der Waals surface area contributed by atoms with E-state index in [0.717, 1.165) is 12.8 Å². The van der Waals surface area contributed by atoms with Gasteiger partial charge in [0, 0.05) is 0 Å². The molecule has 0 bridgehead atoms. The van der Waals surface area contributed by atoms with Crippen molar-refractivity contribution in [1.29, 1.82) is 0 Å². The van der Waals surface area contributed by atoms with Crippen molar-refractivity contribution in [2.45, 2.75) is 105 Å². The Bertz CT molecular complexity index is 669. The highest BCUT2D eigenvalue weighted by Crippen LogP contribution is 2.29. The van der Waals surface area contributed by atoms with Crippen molar-refractivity contribution in [3.05, 3.63) is 58.7 Å². The van der Waals surface area contributed by atoms with Crippen LogP contribution in [0.15, 0.2) is 30.3 Å². The molecular formula is C28H41. The molecule has 2 rings (SSSR count). The van der Waals surface area contributed by atoms with Crippen molar-refractivity contribution < 1.29 is 0 Å². The van der Waals surface area contributed by atoms with E-state index in [4.69, 9.17) is 0 Å². The summed E-state index contributed by atoms with van der Waals surface area (Å²) in [6.45, 7) is 9.13. The predicted octanol–water partition coefficient (Wildman–Crippen LogP) is 8.52. The second-order valence-corrected chi connectivity index (χ2v) is 8.33. The van der Waals surface area contributed by atoms with Gasteiger partial charge in [-0.15, -0.1) is 0 Å². The van der Waals surface area contributed by atoms with E-state index in [9.17, 15) is 0 Å². The topological polar surface area (TPSA) is 0 Å². The maximum atomic E-state index is 3.73. The summed E-state index contributed by atoms with van der Waals surface area (Å²) in [4.78, 5) is 0. The van der Waals surface area contributed by atoms with Gasteiger partial charge in [-0.05, 0) is 90.8 Å². The Morgan fingerprint density at radius 1 is 0.607 bits per heavy atom. The first-order chi connectivity index (χ1) is 13.7. The fourth-order valence-corrected chi connectivity index (χ4v) is 3.89. The van der Waals surface area contributed by atoms with E-state index in [1.807, 2.05) is 0 Å². The lowest BCUT2D eigenvalue weighted by molar-refractivity contribution is 0.778. The minimum Gasteiger partial charge on any atom is -0.0654 e. The lowest BCUT2D eigenvalue weighted by Gasteiger charge is -2.15. The van der Waals surface area contributed by atoms with Crippen LogP contribution in [-0.4, -0.2) is 0 Å². The van der Waals surface area contributed by atoms with Crippen molar-refractivity contribution >= 4 is 0 Å². The molecule has 0 aliphatic carbocycles. The molecular weight excluding hydrogens is 336 g/mol. The van der Waals surface area contributed by atoms with Crippen LogP contribution in [0.1, 0.15) is 101 Å². The lowest BCUT2D eigenvalue weighted by Crippen LogP contribution is -1.97. The summed E-state index contributed by atoms with van der Waals surface area (Å²) in [7, 11) is 0. The van der Waals surface area contributed by atoms with E-state index in [1.165, 1.54) is 92.0 Å². The standard InChI is InChI=1S/C28H41/c1-5-9-13-23-17-18-28(26(20-23)16-12-8-4)27-21-24(14-10-6-2)19-25(22-27)15-11-7-3/h17-18,20-22H,5-16H2,1-4H3. The first kappa shape index (κ1) is 22.7. The number of hydrogen-bond donors (Lipinski definition) is 0. The Morgan fingerprint density at radius 3 is 1.71 bits per heavy atom. The molecule has 0 spiro atoms. The van der Waals surface area contributed by atoms with Gasteiger partial charge in [0.15, 0.2) is 0 Å². The molecule has 0 amide bonds. The molecule has 0 N–H and O–H groups in total. The van der Waals surface area contributed by atoms with Crippen LogP contribution < -0.4 is 0 Å². The monoisotopic (exact) mass is 377 g/mol. The van der Waals surface area contributed by atoms with Gasteiger partial charge < -0.3 is 0 Å². The fraction of sp³-hybridized carbons (Fsp3) is 0.571. The van der Waals surface area contributed by atoms with Crippen LogP contribution in [0.25, 0.3) is 11.1 Å². The van der Waals surface area contributed by atoms with Gasteiger partial charge in [-0.1, -0.05) is 83.7 Å². The summed E-state index contributed by atoms with van der Waals surface area (Å²) in [5, 5.41) is 0. The second kappa shape index (κ2) is 12.8. The summed E-state index contributed by atoms with van der Waals surface area (Å²) >= 11 is 0. The average molecular weight is 378 g/mol. The van der Waals surface area contributed by atoms with E-state index in [1.54, 1.807) is 5.56 Å². The van der Waals surface area contributed by atoms with Gasteiger partial charge in [-0.2, -0.15) is 0 Å². The highest BCUT2D eigenvalue weighted by molar-refractivity contribution is 5.69. The molecule has 0 nitrogen and oxygen atoms in total. The van der Waals surface area contributed by atoms with Crippen LogP contribution in [0, 0.1) is 6.07 Å². The van der Waals surface area contributed by atoms with Crippen molar-refractivity contribution in [3.63, 3.8) is 0 Å². The smallest absolute Gasteiger partial charge is 0.0114 e. The number of benzene rings is 2. The predicted molar refractivity (Wildman–Crippen MR) is 125 cm³/mol. The molecule has 0 heteroatoms. The van der Waals surface area contributed by atoms with E-state index in [2.05, 4.69) is 64.1 Å². The normalized spacial score (nSPS) is 11.1. The molecule has 0 atom stereocenters. The zero-order valence-corrected chi connectivity index (χ0v) is 18.9. The van der Waals surface area contributed by atoms with Gasteiger partial charge in [0.25, 0.3) is 0 Å². The first-order valence-corrected chi connectivity index (χ1v) is 11.9. The van der Waals surface area contributed by atoms with Gasteiger partial charge in [0.2, 0.25) is 0 Å². The molecule has 2 aromatic carbocycles. The van der Waals surface area contributed by atoms with Crippen molar-refractivity contribution in [1.82, 2.24) is 0 Å². The highest BCUT2D eigenvalue weighted by Gasteiger charge is 2.10. The quantitative estimate of drug-likeness (QED) is 0.328. The van der Waals surface area contributed by atoms with Gasteiger partial charge >= 0.3 is 0 Å². The molecule has 0 saturated heterocycles. The molecule has 28 heavy (non-hydrogen) atoms. The maximum absolute atomic E-state index is 3.73. The minimum atomic E-state index is 1.16. The zero-order chi connectivity index (χ0) is 20.2. The summed E-state index contributed by atoms with van der Waals surface area (Å²) in [6.07, 6.45) is 14.8. The third kappa shape index (κ3) is 7.12. The molecule has 0 fully saturated rings. The molecule has 153 valence electrons. The summed E-state index contributed by atoms with van der Waals surface area (Å²) in [6, 6.07) is 15.8. The Labute approximate surface area is 174 Å². The molecule has 0 aliphatic rings. The second-order valence-electron chi connectivity index (χ2n) is 8.33. The van der Waals surface area contributed by atoms with Crippen molar-refractivity contribution in [2.75, 3.05) is 0 Å². The Hall–Kier alpha value is -1.56. The zero-order valence-electron chi connectivity index (χ0n) is 18.9. The van der Waals surface area contributed by atoms with Gasteiger partial charge in [-0.25, -0.2) is 0 Å². The number of unbranched alkanes of at least 4 members (excludes halogenated alkanes) is 4. The number of rotatable bonds is 13. The third-order valence-corrected chi connectivity index (χ3v) is 5.68. The average Bonchev–Trinajstić information content (AvgIpc) is 2.73. The van der Waals surface area contributed by atoms with Crippen LogP contribution in [0.5, 0.6) is 0 Å². The molecule has 0 aliphatic heterocycles. The van der Waals surface area contributed by atoms with Crippen LogP contribution in [0.3, 0.4) is 0 Å². The van der Waals surface area contributed by atoms with Gasteiger partial charge in [0.05, 0.1) is 0 Å². The molecule has 0 unspecified atom stereocenters. The van der Waals surface area contributed by atoms with Crippen molar-refractivity contribution in [2.24, 2.45) is 0 Å². The van der Waals surface area contributed by atoms with Crippen molar-refractivity contribution in [3.8, 4) is 11.1 Å². The number of aryl methyl sites for hydroxylation is 4. The SMILES string of the molecule is CCCCc1[c]c(CCCC)cc(-c2ccc(CCCC)cc2CCCC)c1. The summed E-state index contributed by atoms with van der Waals surface area (Å²) in [5.41, 5.74) is 8.74. The van der Waals surface area contributed by atoms with Gasteiger partial charge in [0.1, 0.15) is 0 Å². The highest BCUT2D eigenvalue weighted by atomic mass is 14.1. The molecule has 0 aromatic heterocycles. The molecule has 1 radical (unpaired) electrons. The van der Waals surface area contributed by atoms with E-state index in [0.29, 0.717) is 0 Å². The van der Waals surface area contributed by atoms with Crippen LogP contribution >= 0.6 is 0 Å². The Morgan fingerprint density at radius 2 is 1.14 bits per heavy atom. The maximum Gasteiger partial charge on any atom is -0.0114 e. The number of hydrogen-bond acceptors (Lipinski definition) is 0. The summed E-state index contributed by atoms with van der Waals surface area (Å²) < 4.78 is 0. The minimum absolute atomic E-state index is 1.16. The van der Waals surface area contributed by atoms with Gasteiger partial charge in [-0.3, -0.25) is 0 Å².